The molecule has 2 N–H and O–H groups in total. The van der Waals surface area contributed by atoms with E-state index in [1.54, 1.807) is 11.3 Å². The largest absolute Gasteiger partial charge is 0.411 e. The first-order chi connectivity index (χ1) is 13.7. The van der Waals surface area contributed by atoms with Crippen LogP contribution in [0.3, 0.4) is 0 Å². The summed E-state index contributed by atoms with van der Waals surface area (Å²) < 4.78 is 5.77. The van der Waals surface area contributed by atoms with E-state index >= 15 is 0 Å². The molecular formula is C20H19N5OS2. The summed E-state index contributed by atoms with van der Waals surface area (Å²) in [6, 6.07) is 8.01. The molecule has 0 aliphatic heterocycles. The lowest BCUT2D eigenvalue weighted by Crippen LogP contribution is -2.02. The standard InChI is InChI=1S/C20H19N5OS2/c1-11-6-8-12(9-7-11)18-24-25-20(26-18)27-10-15-22-17(21)16-13-4-2-3-5-14(13)28-19(16)23-15/h6-9H,2-5,10H2,1H3,(H2,21,22,23). The van der Waals surface area contributed by atoms with E-state index in [1.807, 2.05) is 31.2 Å². The van der Waals surface area contributed by atoms with Gasteiger partial charge in [-0.25, -0.2) is 9.97 Å². The van der Waals surface area contributed by atoms with Crippen molar-refractivity contribution in [3.05, 3.63) is 46.1 Å². The normalized spacial score (nSPS) is 13.8. The lowest BCUT2D eigenvalue weighted by molar-refractivity contribution is 0.465. The number of anilines is 1. The summed E-state index contributed by atoms with van der Waals surface area (Å²) in [7, 11) is 0. The van der Waals surface area contributed by atoms with Crippen LogP contribution in [0.5, 0.6) is 0 Å². The Morgan fingerprint density at radius 1 is 1.11 bits per heavy atom. The molecule has 0 saturated heterocycles. The summed E-state index contributed by atoms with van der Waals surface area (Å²) in [6.45, 7) is 2.05. The molecule has 142 valence electrons. The van der Waals surface area contributed by atoms with Gasteiger partial charge in [-0.15, -0.1) is 21.5 Å². The SMILES string of the molecule is Cc1ccc(-c2nnc(SCc3nc(N)c4c5c(sc4n3)CCCC5)o2)cc1. The van der Waals surface area contributed by atoms with Crippen molar-refractivity contribution in [2.45, 2.75) is 43.6 Å². The maximum absolute atomic E-state index is 6.28. The second kappa shape index (κ2) is 7.18. The molecular weight excluding hydrogens is 390 g/mol. The molecule has 0 atom stereocenters. The number of nitrogens with two attached hydrogens (primary N) is 1. The summed E-state index contributed by atoms with van der Waals surface area (Å²) in [5.41, 5.74) is 9.75. The van der Waals surface area contributed by atoms with Gasteiger partial charge in [-0.1, -0.05) is 29.5 Å². The second-order valence-electron chi connectivity index (χ2n) is 6.94. The fraction of sp³-hybridized carbons (Fsp3) is 0.300. The van der Waals surface area contributed by atoms with Gasteiger partial charge in [0.2, 0.25) is 5.89 Å². The van der Waals surface area contributed by atoms with Gasteiger partial charge < -0.3 is 10.2 Å². The summed E-state index contributed by atoms with van der Waals surface area (Å²) in [5.74, 6) is 2.34. The van der Waals surface area contributed by atoms with Crippen molar-refractivity contribution in [2.75, 3.05) is 5.73 Å². The fourth-order valence-electron chi connectivity index (χ4n) is 3.50. The zero-order valence-corrected chi connectivity index (χ0v) is 17.1. The molecule has 8 heteroatoms. The zero-order chi connectivity index (χ0) is 19.1. The Morgan fingerprint density at radius 3 is 2.79 bits per heavy atom. The molecule has 1 aliphatic carbocycles. The number of aromatic nitrogens is 4. The van der Waals surface area contributed by atoms with Crippen LogP contribution in [0.2, 0.25) is 0 Å². The van der Waals surface area contributed by atoms with E-state index in [1.165, 1.54) is 40.6 Å². The number of benzene rings is 1. The van der Waals surface area contributed by atoms with E-state index in [9.17, 15) is 0 Å². The van der Waals surface area contributed by atoms with Gasteiger partial charge in [-0.05, 0) is 50.3 Å². The van der Waals surface area contributed by atoms with Crippen LogP contribution in [0.15, 0.2) is 33.9 Å². The number of nitrogens with zero attached hydrogens (tertiary/aromatic N) is 4. The van der Waals surface area contributed by atoms with Gasteiger partial charge in [0.05, 0.1) is 11.1 Å². The van der Waals surface area contributed by atoms with Crippen LogP contribution in [0.1, 0.15) is 34.7 Å². The van der Waals surface area contributed by atoms with Crippen molar-refractivity contribution in [2.24, 2.45) is 0 Å². The van der Waals surface area contributed by atoms with Crippen molar-refractivity contribution < 1.29 is 4.42 Å². The monoisotopic (exact) mass is 409 g/mol. The van der Waals surface area contributed by atoms with E-state index in [0.29, 0.717) is 28.5 Å². The Morgan fingerprint density at radius 2 is 1.93 bits per heavy atom. The summed E-state index contributed by atoms with van der Waals surface area (Å²) >= 11 is 3.19. The molecule has 1 aromatic carbocycles. The Bertz CT molecular complexity index is 1150. The highest BCUT2D eigenvalue weighted by molar-refractivity contribution is 7.98. The first-order valence-electron chi connectivity index (χ1n) is 9.27. The van der Waals surface area contributed by atoms with Crippen molar-refractivity contribution in [1.29, 1.82) is 0 Å². The second-order valence-corrected chi connectivity index (χ2v) is 8.95. The minimum absolute atomic E-state index is 0.503. The van der Waals surface area contributed by atoms with Gasteiger partial charge >= 0.3 is 0 Å². The van der Waals surface area contributed by atoms with E-state index in [0.717, 1.165) is 28.6 Å². The lowest BCUT2D eigenvalue weighted by atomic mass is 9.97. The van der Waals surface area contributed by atoms with E-state index < -0.39 is 0 Å². The number of nitrogen functional groups attached to an aromatic ring is 1. The maximum Gasteiger partial charge on any atom is 0.277 e. The Hall–Kier alpha value is -2.45. The lowest BCUT2D eigenvalue weighted by Gasteiger charge is -2.10. The van der Waals surface area contributed by atoms with Crippen molar-refractivity contribution in [3.63, 3.8) is 0 Å². The van der Waals surface area contributed by atoms with Crippen LogP contribution in [0.25, 0.3) is 21.7 Å². The molecule has 0 saturated carbocycles. The van der Waals surface area contributed by atoms with Gasteiger partial charge in [-0.3, -0.25) is 0 Å². The van der Waals surface area contributed by atoms with Gasteiger partial charge in [0, 0.05) is 10.4 Å². The van der Waals surface area contributed by atoms with Gasteiger partial charge in [-0.2, -0.15) is 0 Å². The van der Waals surface area contributed by atoms with Crippen molar-refractivity contribution in [1.82, 2.24) is 20.2 Å². The number of hydrogen-bond donors (Lipinski definition) is 1. The summed E-state index contributed by atoms with van der Waals surface area (Å²) in [4.78, 5) is 11.7. The molecule has 6 nitrogen and oxygen atoms in total. The number of fused-ring (bicyclic) bond motifs is 3. The first-order valence-corrected chi connectivity index (χ1v) is 11.1. The average Bonchev–Trinajstić information content (AvgIpc) is 3.31. The van der Waals surface area contributed by atoms with Crippen LogP contribution in [0.4, 0.5) is 5.82 Å². The Balaban J connectivity index is 1.35. The molecule has 5 rings (SSSR count). The highest BCUT2D eigenvalue weighted by atomic mass is 32.2. The highest BCUT2D eigenvalue weighted by Gasteiger charge is 2.20. The molecule has 0 unspecified atom stereocenters. The predicted molar refractivity (Wildman–Crippen MR) is 113 cm³/mol. The topological polar surface area (TPSA) is 90.7 Å². The zero-order valence-electron chi connectivity index (χ0n) is 15.4. The van der Waals surface area contributed by atoms with Gasteiger partial charge in [0.15, 0.2) is 0 Å². The fourth-order valence-corrected chi connectivity index (χ4v) is 5.41. The maximum atomic E-state index is 6.28. The molecule has 0 bridgehead atoms. The Labute approximate surface area is 170 Å². The van der Waals surface area contributed by atoms with Crippen LogP contribution in [-0.2, 0) is 18.6 Å². The third-order valence-corrected chi connectivity index (χ3v) is 6.92. The molecule has 4 aromatic rings. The van der Waals surface area contributed by atoms with Crippen molar-refractivity contribution in [3.8, 4) is 11.5 Å². The molecule has 0 fully saturated rings. The third-order valence-electron chi connectivity index (χ3n) is 4.92. The molecule has 3 aromatic heterocycles. The van der Waals surface area contributed by atoms with Crippen molar-refractivity contribution >= 4 is 39.1 Å². The minimum Gasteiger partial charge on any atom is -0.411 e. The molecule has 0 amide bonds. The van der Waals surface area contributed by atoms with E-state index in [2.05, 4.69) is 15.2 Å². The van der Waals surface area contributed by atoms with Crippen LogP contribution in [0, 0.1) is 6.92 Å². The summed E-state index contributed by atoms with van der Waals surface area (Å²) in [6.07, 6.45) is 4.68. The highest BCUT2D eigenvalue weighted by Crippen LogP contribution is 2.38. The average molecular weight is 410 g/mol. The van der Waals surface area contributed by atoms with Gasteiger partial charge in [0.25, 0.3) is 5.22 Å². The molecule has 3 heterocycles. The molecule has 1 aliphatic rings. The summed E-state index contributed by atoms with van der Waals surface area (Å²) in [5, 5.41) is 9.83. The number of thioether (sulfide) groups is 1. The van der Waals surface area contributed by atoms with Crippen LogP contribution < -0.4 is 5.73 Å². The number of aryl methyl sites for hydroxylation is 3. The number of hydrogen-bond acceptors (Lipinski definition) is 8. The number of rotatable bonds is 4. The van der Waals surface area contributed by atoms with Crippen LogP contribution >= 0.6 is 23.1 Å². The molecule has 28 heavy (non-hydrogen) atoms. The van der Waals surface area contributed by atoms with E-state index in [-0.39, 0.29) is 0 Å². The quantitative estimate of drug-likeness (QED) is 0.484. The predicted octanol–water partition coefficient (Wildman–Crippen LogP) is 4.80. The molecule has 0 spiro atoms. The smallest absolute Gasteiger partial charge is 0.277 e. The first kappa shape index (κ1) is 17.6. The van der Waals surface area contributed by atoms with Crippen LogP contribution in [-0.4, -0.2) is 20.2 Å². The Kier molecular flexibility index (Phi) is 4.52. The number of thiophene rings is 1. The van der Waals surface area contributed by atoms with E-state index in [4.69, 9.17) is 15.1 Å². The third kappa shape index (κ3) is 3.27. The minimum atomic E-state index is 0.503. The van der Waals surface area contributed by atoms with Gasteiger partial charge in [0.1, 0.15) is 16.5 Å². The molecule has 0 radical (unpaired) electrons.